The van der Waals surface area contributed by atoms with Crippen LogP contribution in [0.25, 0.3) is 22.0 Å². The lowest BCUT2D eigenvalue weighted by atomic mass is 9.96. The normalized spacial score (nSPS) is 14.2. The quantitative estimate of drug-likeness (QED) is 0.583. The van der Waals surface area contributed by atoms with Crippen LogP contribution in [-0.4, -0.2) is 0 Å². The number of hydrogen-bond acceptors (Lipinski definition) is 0. The standard InChI is InChI=1S/C21H22N/c1-14-7-4-5-10-19(14)21-20-13-17-9-6-8-16(17)12-18(20)11-15(2)22(21)3/h4-5,7,10-13H,6,8-9H2,1-3H3/q+1/i11D. The largest absolute Gasteiger partial charge is 0.220 e. The maximum Gasteiger partial charge on any atom is 0.220 e. The van der Waals surface area contributed by atoms with Gasteiger partial charge in [0.1, 0.15) is 7.05 Å². The highest BCUT2D eigenvalue weighted by Crippen LogP contribution is 2.33. The first-order chi connectivity index (χ1) is 11.1. The molecule has 0 saturated carbocycles. The predicted molar refractivity (Wildman–Crippen MR) is 92.1 cm³/mol. The van der Waals surface area contributed by atoms with Gasteiger partial charge in [0.25, 0.3) is 0 Å². The second kappa shape index (κ2) is 4.95. The van der Waals surface area contributed by atoms with E-state index in [-0.39, 0.29) is 0 Å². The van der Waals surface area contributed by atoms with Crippen LogP contribution in [0.4, 0.5) is 0 Å². The van der Waals surface area contributed by atoms with Crippen LogP contribution in [0.5, 0.6) is 0 Å². The Hall–Kier alpha value is -2.15. The molecular formula is C21H22N+. The lowest BCUT2D eigenvalue weighted by Crippen LogP contribution is -2.35. The second-order valence-electron chi connectivity index (χ2n) is 6.45. The Morgan fingerprint density at radius 2 is 1.77 bits per heavy atom. The summed E-state index contributed by atoms with van der Waals surface area (Å²) in [5.74, 6) is 0. The topological polar surface area (TPSA) is 3.88 Å². The smallest absolute Gasteiger partial charge is 0.198 e. The third kappa shape index (κ3) is 1.96. The summed E-state index contributed by atoms with van der Waals surface area (Å²) in [4.78, 5) is 0. The van der Waals surface area contributed by atoms with E-state index in [0.29, 0.717) is 6.04 Å². The van der Waals surface area contributed by atoms with Crippen LogP contribution in [0, 0.1) is 13.8 Å². The number of aryl methyl sites for hydroxylation is 3. The molecule has 110 valence electrons. The predicted octanol–water partition coefficient (Wildman–Crippen LogP) is 4.44. The molecule has 4 rings (SSSR count). The van der Waals surface area contributed by atoms with Crippen molar-refractivity contribution in [3.05, 3.63) is 64.8 Å². The van der Waals surface area contributed by atoms with E-state index >= 15 is 0 Å². The number of rotatable bonds is 1. The van der Waals surface area contributed by atoms with Gasteiger partial charge in [0.05, 0.1) is 6.76 Å². The molecule has 1 aromatic heterocycles. The molecule has 0 aliphatic heterocycles. The summed E-state index contributed by atoms with van der Waals surface area (Å²) in [5, 5.41) is 2.32. The fraction of sp³-hybridized carbons (Fsp3) is 0.286. The van der Waals surface area contributed by atoms with Crippen molar-refractivity contribution in [2.45, 2.75) is 33.1 Å². The summed E-state index contributed by atoms with van der Waals surface area (Å²) in [7, 11) is 2.09. The van der Waals surface area contributed by atoms with Crippen LogP contribution >= 0.6 is 0 Å². The van der Waals surface area contributed by atoms with Gasteiger partial charge in [-0.05, 0) is 60.4 Å². The first-order valence-electron chi connectivity index (χ1n) is 8.58. The molecule has 3 aromatic rings. The first kappa shape index (κ1) is 12.4. The van der Waals surface area contributed by atoms with E-state index in [1.54, 1.807) is 0 Å². The van der Waals surface area contributed by atoms with Crippen LogP contribution in [0.2, 0.25) is 0 Å². The summed E-state index contributed by atoms with van der Waals surface area (Å²) in [6.45, 7) is 4.22. The van der Waals surface area contributed by atoms with Crippen molar-refractivity contribution in [1.82, 2.24) is 0 Å². The van der Waals surface area contributed by atoms with Crippen LogP contribution in [-0.2, 0) is 19.9 Å². The SMILES string of the molecule is [2H]c1c(C)[n+](C)c(-c2ccccc2C)c2cc3c(cc12)CCC3. The molecule has 1 aliphatic rings. The zero-order chi connectivity index (χ0) is 16.1. The Balaban J connectivity index is 2.17. The summed E-state index contributed by atoms with van der Waals surface area (Å²) < 4.78 is 10.8. The Morgan fingerprint density at radius 3 is 2.55 bits per heavy atom. The average Bonchev–Trinajstić information content (AvgIpc) is 3.01. The fourth-order valence-electron chi connectivity index (χ4n) is 3.71. The van der Waals surface area contributed by atoms with Gasteiger partial charge >= 0.3 is 0 Å². The molecular weight excluding hydrogens is 266 g/mol. The van der Waals surface area contributed by atoms with E-state index < -0.39 is 0 Å². The average molecular weight is 289 g/mol. The van der Waals surface area contributed by atoms with Crippen LogP contribution in [0.15, 0.2) is 42.4 Å². The minimum Gasteiger partial charge on any atom is -0.198 e. The molecule has 0 fully saturated rings. The van der Waals surface area contributed by atoms with Gasteiger partial charge in [-0.1, -0.05) is 24.3 Å². The van der Waals surface area contributed by atoms with E-state index in [1.807, 2.05) is 0 Å². The minimum absolute atomic E-state index is 0.662. The van der Waals surface area contributed by atoms with Crippen LogP contribution in [0.3, 0.4) is 0 Å². The van der Waals surface area contributed by atoms with E-state index in [1.165, 1.54) is 46.2 Å². The zero-order valence-corrected chi connectivity index (χ0v) is 13.5. The first-order valence-corrected chi connectivity index (χ1v) is 8.08. The van der Waals surface area contributed by atoms with E-state index in [9.17, 15) is 0 Å². The van der Waals surface area contributed by atoms with Crippen molar-refractivity contribution >= 4 is 10.8 Å². The maximum atomic E-state index is 8.58. The van der Waals surface area contributed by atoms with E-state index in [0.717, 1.165) is 17.5 Å². The van der Waals surface area contributed by atoms with Crippen molar-refractivity contribution in [2.24, 2.45) is 7.05 Å². The molecule has 2 aromatic carbocycles. The molecule has 0 saturated heterocycles. The Labute approximate surface area is 133 Å². The van der Waals surface area contributed by atoms with E-state index in [4.69, 9.17) is 1.37 Å². The molecule has 0 bridgehead atoms. The third-order valence-electron chi connectivity index (χ3n) is 5.04. The summed E-state index contributed by atoms with van der Waals surface area (Å²) in [6, 6.07) is 13.8. The number of aromatic nitrogens is 1. The lowest BCUT2D eigenvalue weighted by Gasteiger charge is -2.11. The van der Waals surface area contributed by atoms with Gasteiger partial charge in [0, 0.05) is 18.5 Å². The van der Waals surface area contributed by atoms with Gasteiger partial charge in [-0.25, -0.2) is 0 Å². The monoisotopic (exact) mass is 289 g/mol. The molecule has 1 heteroatoms. The minimum atomic E-state index is 0.662. The highest BCUT2D eigenvalue weighted by Gasteiger charge is 2.21. The molecule has 0 spiro atoms. The van der Waals surface area contributed by atoms with Crippen molar-refractivity contribution in [3.8, 4) is 11.3 Å². The fourth-order valence-corrected chi connectivity index (χ4v) is 3.71. The molecule has 0 atom stereocenters. The summed E-state index contributed by atoms with van der Waals surface area (Å²) >= 11 is 0. The lowest BCUT2D eigenvalue weighted by molar-refractivity contribution is -0.665. The van der Waals surface area contributed by atoms with Gasteiger partial charge in [-0.15, -0.1) is 0 Å². The molecule has 22 heavy (non-hydrogen) atoms. The van der Waals surface area contributed by atoms with Gasteiger partial charge in [0.15, 0.2) is 5.69 Å². The highest BCUT2D eigenvalue weighted by atomic mass is 14.9. The maximum absolute atomic E-state index is 8.58. The number of nitrogens with zero attached hydrogens (tertiary/aromatic N) is 1. The molecule has 0 amide bonds. The Bertz CT molecular complexity index is 940. The van der Waals surface area contributed by atoms with Gasteiger partial charge < -0.3 is 0 Å². The number of benzene rings is 2. The second-order valence-corrected chi connectivity index (χ2v) is 6.45. The highest BCUT2D eigenvalue weighted by molar-refractivity contribution is 5.95. The van der Waals surface area contributed by atoms with Crippen molar-refractivity contribution in [1.29, 1.82) is 0 Å². The molecule has 0 unspecified atom stereocenters. The Morgan fingerprint density at radius 1 is 1.05 bits per heavy atom. The molecule has 0 N–H and O–H groups in total. The number of hydrogen-bond donors (Lipinski definition) is 0. The molecule has 1 nitrogen and oxygen atoms in total. The van der Waals surface area contributed by atoms with Crippen LogP contribution < -0.4 is 4.57 Å². The Kier molecular flexibility index (Phi) is 2.79. The number of pyridine rings is 1. The molecule has 0 radical (unpaired) electrons. The summed E-state index contributed by atoms with van der Waals surface area (Å²) in [5.41, 5.74) is 7.71. The van der Waals surface area contributed by atoms with Gasteiger partial charge in [0.2, 0.25) is 5.69 Å². The van der Waals surface area contributed by atoms with Crippen molar-refractivity contribution in [3.63, 3.8) is 0 Å². The number of fused-ring (bicyclic) bond motifs is 2. The van der Waals surface area contributed by atoms with Crippen molar-refractivity contribution in [2.75, 3.05) is 0 Å². The third-order valence-corrected chi connectivity index (χ3v) is 5.04. The summed E-state index contributed by atoms with van der Waals surface area (Å²) in [6.07, 6.45) is 3.57. The van der Waals surface area contributed by atoms with E-state index in [2.05, 4.69) is 61.9 Å². The van der Waals surface area contributed by atoms with Gasteiger partial charge in [-0.2, -0.15) is 4.57 Å². The van der Waals surface area contributed by atoms with Gasteiger partial charge in [-0.3, -0.25) is 0 Å². The zero-order valence-electron chi connectivity index (χ0n) is 14.5. The van der Waals surface area contributed by atoms with Crippen LogP contribution in [0.1, 0.15) is 30.2 Å². The molecule has 1 aliphatic carbocycles. The van der Waals surface area contributed by atoms with Crippen molar-refractivity contribution < 1.29 is 5.94 Å². The molecule has 1 heterocycles.